The quantitative estimate of drug-likeness (QED) is 0.264. The Balaban J connectivity index is 1.46. The summed E-state index contributed by atoms with van der Waals surface area (Å²) < 4.78 is 17.4. The molecular weight excluding hydrogens is 529 g/mol. The maximum Gasteiger partial charge on any atom is 0.261 e. The summed E-state index contributed by atoms with van der Waals surface area (Å²) in [5, 5.41) is 21.4. The van der Waals surface area contributed by atoms with Crippen LogP contribution in [0.15, 0.2) is 55.0 Å². The van der Waals surface area contributed by atoms with Gasteiger partial charge in [-0.05, 0) is 43.2 Å². The average Bonchev–Trinajstić information content (AvgIpc) is 3.66. The highest BCUT2D eigenvalue weighted by molar-refractivity contribution is 7.18. The minimum Gasteiger partial charge on any atom is -0.389 e. The van der Waals surface area contributed by atoms with Gasteiger partial charge < -0.3 is 15.0 Å². The number of imidazole rings is 1. The molecule has 0 spiro atoms. The van der Waals surface area contributed by atoms with Gasteiger partial charge in [-0.15, -0.1) is 11.3 Å². The fraction of sp³-hybridized carbons (Fsp3) is 0.269. The first-order chi connectivity index (χ1) is 18.5. The smallest absolute Gasteiger partial charge is 0.261 e. The summed E-state index contributed by atoms with van der Waals surface area (Å²) in [5.74, 6) is 0.159. The topological polar surface area (TPSA) is 122 Å². The molecule has 4 heterocycles. The van der Waals surface area contributed by atoms with Gasteiger partial charge in [0.15, 0.2) is 5.82 Å². The summed E-state index contributed by atoms with van der Waals surface area (Å²) in [4.78, 5) is 26.8. The van der Waals surface area contributed by atoms with Crippen LogP contribution in [0.5, 0.6) is 0 Å². The number of pyridine rings is 1. The summed E-state index contributed by atoms with van der Waals surface area (Å²) in [5.41, 5.74) is 2.08. The van der Waals surface area contributed by atoms with E-state index < -0.39 is 24.0 Å². The highest BCUT2D eigenvalue weighted by atomic mass is 35.5. The number of benzene rings is 1. The van der Waals surface area contributed by atoms with Gasteiger partial charge in [-0.3, -0.25) is 14.9 Å². The van der Waals surface area contributed by atoms with Crippen LogP contribution in [0.4, 0.5) is 4.39 Å². The molecule has 1 aromatic carbocycles. The summed E-state index contributed by atoms with van der Waals surface area (Å²) in [6, 6.07) is 10.6. The second-order valence-corrected chi connectivity index (χ2v) is 10.9. The molecule has 9 nitrogen and oxygen atoms in total. The lowest BCUT2D eigenvalue weighted by molar-refractivity contribution is 0.0659. The van der Waals surface area contributed by atoms with Crippen LogP contribution >= 0.6 is 22.9 Å². The zero-order valence-electron chi connectivity index (χ0n) is 20.0. The molecule has 0 aliphatic heterocycles. The lowest BCUT2D eigenvalue weighted by Gasteiger charge is -2.30. The van der Waals surface area contributed by atoms with E-state index in [1.807, 2.05) is 10.6 Å². The number of nitrogens with zero attached hydrogens (tertiary/aromatic N) is 5. The fourth-order valence-corrected chi connectivity index (χ4v) is 6.01. The van der Waals surface area contributed by atoms with Gasteiger partial charge in [0.1, 0.15) is 29.2 Å². The first-order valence-electron chi connectivity index (χ1n) is 12.2. The highest BCUT2D eigenvalue weighted by Gasteiger charge is 2.35. The van der Waals surface area contributed by atoms with Gasteiger partial charge in [-0.1, -0.05) is 36.6 Å². The molecule has 1 saturated carbocycles. The summed E-state index contributed by atoms with van der Waals surface area (Å²) in [6.07, 6.45) is 4.90. The maximum absolute atomic E-state index is 15.0. The Labute approximate surface area is 225 Å². The number of carbonyl (C=O) groups excluding carboxylic acids is 1. The largest absolute Gasteiger partial charge is 0.389 e. The molecule has 194 valence electrons. The first kappa shape index (κ1) is 24.7. The number of rotatable bonds is 5. The van der Waals surface area contributed by atoms with E-state index in [1.54, 1.807) is 36.5 Å². The zero-order chi connectivity index (χ0) is 26.2. The normalized spacial score (nSPS) is 19.9. The third-order valence-electron chi connectivity index (χ3n) is 6.86. The van der Waals surface area contributed by atoms with Gasteiger partial charge in [-0.2, -0.15) is 5.10 Å². The second kappa shape index (κ2) is 10.2. The van der Waals surface area contributed by atoms with Crippen molar-refractivity contribution in [1.82, 2.24) is 35.0 Å². The van der Waals surface area contributed by atoms with E-state index >= 15 is 4.39 Å². The molecule has 12 heteroatoms. The SMILES string of the molecule is O=C(N[C@H]1CCCC[C@@H](n2c(-c3ccccc3F)nc3cnc(-c4ncn[nH]4)cc32)[C@@H]1O)c1ccc(Cl)s1. The molecule has 0 radical (unpaired) electrons. The predicted molar refractivity (Wildman–Crippen MR) is 142 cm³/mol. The minimum atomic E-state index is -0.957. The minimum absolute atomic E-state index is 0.284. The van der Waals surface area contributed by atoms with Crippen molar-refractivity contribution in [3.05, 3.63) is 70.0 Å². The van der Waals surface area contributed by atoms with Crippen LogP contribution in [0.25, 0.3) is 33.9 Å². The van der Waals surface area contributed by atoms with Crippen LogP contribution in [0.2, 0.25) is 4.34 Å². The third kappa shape index (κ3) is 4.57. The number of fused-ring (bicyclic) bond motifs is 1. The van der Waals surface area contributed by atoms with Crippen molar-refractivity contribution in [1.29, 1.82) is 0 Å². The summed E-state index contributed by atoms with van der Waals surface area (Å²) >= 11 is 7.21. The molecule has 5 aromatic rings. The van der Waals surface area contributed by atoms with E-state index in [0.29, 0.717) is 56.0 Å². The van der Waals surface area contributed by atoms with E-state index in [4.69, 9.17) is 16.6 Å². The van der Waals surface area contributed by atoms with Gasteiger partial charge >= 0.3 is 0 Å². The molecule has 1 amide bonds. The van der Waals surface area contributed by atoms with Crippen molar-refractivity contribution in [3.63, 3.8) is 0 Å². The van der Waals surface area contributed by atoms with E-state index in [1.165, 1.54) is 23.7 Å². The Bertz CT molecular complexity index is 1600. The van der Waals surface area contributed by atoms with Crippen LogP contribution in [0, 0.1) is 5.82 Å². The Hall–Kier alpha value is -3.67. The Kier molecular flexibility index (Phi) is 6.64. The maximum atomic E-state index is 15.0. The van der Waals surface area contributed by atoms with Crippen molar-refractivity contribution in [3.8, 4) is 22.9 Å². The number of aromatic amines is 1. The van der Waals surface area contributed by atoms with Crippen LogP contribution < -0.4 is 5.32 Å². The van der Waals surface area contributed by atoms with Crippen molar-refractivity contribution in [2.45, 2.75) is 43.9 Å². The number of aliphatic hydroxyl groups excluding tert-OH is 1. The molecule has 3 N–H and O–H groups in total. The number of thiophene rings is 1. The average molecular weight is 552 g/mol. The number of hydrogen-bond acceptors (Lipinski definition) is 7. The van der Waals surface area contributed by atoms with Gasteiger partial charge in [0.2, 0.25) is 0 Å². The summed E-state index contributed by atoms with van der Waals surface area (Å²) in [6.45, 7) is 0. The molecule has 0 unspecified atom stereocenters. The zero-order valence-corrected chi connectivity index (χ0v) is 21.6. The van der Waals surface area contributed by atoms with E-state index in [0.717, 1.165) is 12.8 Å². The third-order valence-corrected chi connectivity index (χ3v) is 8.09. The Morgan fingerprint density at radius 3 is 2.79 bits per heavy atom. The number of H-pyrrole nitrogens is 1. The second-order valence-electron chi connectivity index (χ2n) is 9.20. The number of amides is 1. The number of nitrogens with one attached hydrogen (secondary N) is 2. The molecular formula is C26H23ClFN7O2S. The van der Waals surface area contributed by atoms with Gasteiger partial charge in [0.25, 0.3) is 5.91 Å². The monoisotopic (exact) mass is 551 g/mol. The fourth-order valence-electron chi connectivity index (χ4n) is 5.07. The molecule has 0 bridgehead atoms. The Morgan fingerprint density at radius 1 is 1.18 bits per heavy atom. The molecule has 1 fully saturated rings. The first-order valence-corrected chi connectivity index (χ1v) is 13.4. The van der Waals surface area contributed by atoms with Crippen LogP contribution in [-0.2, 0) is 0 Å². The van der Waals surface area contributed by atoms with Crippen molar-refractivity contribution in [2.24, 2.45) is 0 Å². The van der Waals surface area contributed by atoms with Crippen molar-refractivity contribution < 1.29 is 14.3 Å². The van der Waals surface area contributed by atoms with Gasteiger partial charge in [-0.25, -0.2) is 14.4 Å². The molecule has 6 rings (SSSR count). The Morgan fingerprint density at radius 2 is 2.03 bits per heavy atom. The predicted octanol–water partition coefficient (Wildman–Crippen LogP) is 5.01. The summed E-state index contributed by atoms with van der Waals surface area (Å²) in [7, 11) is 0. The standard InChI is InChI=1S/C26H23ClFN7O2S/c27-22-10-9-21(38-22)26(37)33-16-7-3-4-8-19(23(16)36)35-20-11-17(24-30-13-31-34-24)29-12-18(20)32-25(35)14-5-1-2-6-15(14)28/h1-2,5-6,9-13,16,19,23,36H,3-4,7-8H2,(H,33,37)(H,30,31,34)/t16-,19+,23+/m0/s1. The van der Waals surface area contributed by atoms with Crippen LogP contribution in [-0.4, -0.2) is 52.9 Å². The van der Waals surface area contributed by atoms with Crippen molar-refractivity contribution in [2.75, 3.05) is 0 Å². The highest BCUT2D eigenvalue weighted by Crippen LogP contribution is 2.37. The number of carbonyl (C=O) groups is 1. The molecule has 38 heavy (non-hydrogen) atoms. The van der Waals surface area contributed by atoms with Crippen LogP contribution in [0.1, 0.15) is 41.4 Å². The molecule has 1 aliphatic carbocycles. The molecule has 0 saturated heterocycles. The lowest BCUT2D eigenvalue weighted by atomic mass is 10.00. The van der Waals surface area contributed by atoms with Crippen LogP contribution in [0.3, 0.4) is 0 Å². The van der Waals surface area contributed by atoms with E-state index in [2.05, 4.69) is 25.5 Å². The molecule has 4 aromatic heterocycles. The number of halogens is 2. The van der Waals surface area contributed by atoms with Gasteiger partial charge in [0, 0.05) is 0 Å². The molecule has 3 atom stereocenters. The molecule has 1 aliphatic rings. The number of aromatic nitrogens is 6. The lowest BCUT2D eigenvalue weighted by Crippen LogP contribution is -2.46. The van der Waals surface area contributed by atoms with Crippen molar-refractivity contribution >= 4 is 39.9 Å². The number of aliphatic hydroxyl groups is 1. The van der Waals surface area contributed by atoms with E-state index in [-0.39, 0.29) is 5.91 Å². The van der Waals surface area contributed by atoms with Gasteiger partial charge in [0.05, 0.1) is 44.7 Å². The van der Waals surface area contributed by atoms with E-state index in [9.17, 15) is 9.90 Å². The number of hydrogen-bond donors (Lipinski definition) is 3.